The molecule has 118 valence electrons. The molecule has 0 spiro atoms. The topological polar surface area (TPSA) is 72.5 Å². The van der Waals surface area contributed by atoms with Gasteiger partial charge in [-0.25, -0.2) is 4.79 Å². The highest BCUT2D eigenvalue weighted by Crippen LogP contribution is 2.39. The Hall–Kier alpha value is -2.75. The zero-order valence-electron chi connectivity index (χ0n) is 12.7. The number of carbonyl (C=O) groups is 1. The van der Waals surface area contributed by atoms with Gasteiger partial charge in [-0.1, -0.05) is 42.5 Å². The van der Waals surface area contributed by atoms with Crippen molar-refractivity contribution >= 4 is 11.7 Å². The Kier molecular flexibility index (Phi) is 4.06. The van der Waals surface area contributed by atoms with Gasteiger partial charge in [0.1, 0.15) is 11.4 Å². The summed E-state index contributed by atoms with van der Waals surface area (Å²) in [5.41, 5.74) is 7.54. The molecule has 3 N–H and O–H groups in total. The molecule has 3 rings (SSSR count). The standard InChI is InChI=1S/C19H19NO3/c20-16-8-6-15(7-9-16)19(13-17(21)12-18(22)23-19)11-10-14-4-2-1-3-5-14/h1-9,12,21H,10-11,13,20H2. The second-order valence-corrected chi connectivity index (χ2v) is 5.84. The van der Waals surface area contributed by atoms with Gasteiger partial charge in [-0.05, 0) is 36.1 Å². The fraction of sp³-hybridized carbons (Fsp3) is 0.211. The van der Waals surface area contributed by atoms with Crippen LogP contribution < -0.4 is 5.73 Å². The van der Waals surface area contributed by atoms with Crippen LogP contribution in [0.4, 0.5) is 5.69 Å². The summed E-state index contributed by atoms with van der Waals surface area (Å²) in [5.74, 6) is -0.468. The van der Waals surface area contributed by atoms with Crippen molar-refractivity contribution in [3.63, 3.8) is 0 Å². The van der Waals surface area contributed by atoms with E-state index in [4.69, 9.17) is 10.5 Å². The number of anilines is 1. The van der Waals surface area contributed by atoms with Crippen molar-refractivity contribution in [2.45, 2.75) is 24.9 Å². The fourth-order valence-electron chi connectivity index (χ4n) is 2.96. The molecule has 2 aromatic carbocycles. The van der Waals surface area contributed by atoms with Gasteiger partial charge in [0.05, 0.1) is 6.08 Å². The van der Waals surface area contributed by atoms with Gasteiger partial charge < -0.3 is 15.6 Å². The number of aliphatic hydroxyl groups excluding tert-OH is 1. The lowest BCUT2D eigenvalue weighted by atomic mass is 9.82. The summed E-state index contributed by atoms with van der Waals surface area (Å²) in [4.78, 5) is 11.9. The Balaban J connectivity index is 1.92. The van der Waals surface area contributed by atoms with Crippen molar-refractivity contribution in [1.82, 2.24) is 0 Å². The van der Waals surface area contributed by atoms with Crippen LogP contribution in [0, 0.1) is 0 Å². The number of esters is 1. The van der Waals surface area contributed by atoms with Gasteiger partial charge in [0.2, 0.25) is 0 Å². The minimum Gasteiger partial charge on any atom is -0.512 e. The van der Waals surface area contributed by atoms with E-state index in [1.165, 1.54) is 0 Å². The van der Waals surface area contributed by atoms with E-state index in [9.17, 15) is 9.90 Å². The Bertz CT molecular complexity index is 722. The SMILES string of the molecule is Nc1ccc(C2(CCc3ccccc3)CC(O)=CC(=O)O2)cc1. The average molecular weight is 309 g/mol. The van der Waals surface area contributed by atoms with Crippen LogP contribution in [0.1, 0.15) is 24.0 Å². The predicted molar refractivity (Wildman–Crippen MR) is 88.7 cm³/mol. The number of ether oxygens (including phenoxy) is 1. The summed E-state index contributed by atoms with van der Waals surface area (Å²) in [6.45, 7) is 0. The smallest absolute Gasteiger partial charge is 0.335 e. The Labute approximate surface area is 135 Å². The van der Waals surface area contributed by atoms with Gasteiger partial charge in [0.15, 0.2) is 0 Å². The number of nitrogens with two attached hydrogens (primary N) is 1. The summed E-state index contributed by atoms with van der Waals surface area (Å²) in [5, 5.41) is 9.96. The van der Waals surface area contributed by atoms with Gasteiger partial charge >= 0.3 is 5.97 Å². The summed E-state index contributed by atoms with van der Waals surface area (Å²) >= 11 is 0. The molecule has 0 amide bonds. The molecule has 1 atom stereocenters. The van der Waals surface area contributed by atoms with Crippen LogP contribution in [0.2, 0.25) is 0 Å². The zero-order chi connectivity index (χ0) is 16.3. The molecule has 0 aliphatic carbocycles. The van der Waals surface area contributed by atoms with Crippen LogP contribution in [0.15, 0.2) is 66.4 Å². The highest BCUT2D eigenvalue weighted by Gasteiger charge is 2.39. The van der Waals surface area contributed by atoms with E-state index >= 15 is 0 Å². The second-order valence-electron chi connectivity index (χ2n) is 5.84. The molecule has 4 nitrogen and oxygen atoms in total. The number of aliphatic hydroxyl groups is 1. The molecule has 0 fully saturated rings. The van der Waals surface area contributed by atoms with Gasteiger partial charge in [0, 0.05) is 12.1 Å². The molecule has 0 aromatic heterocycles. The van der Waals surface area contributed by atoms with Crippen LogP contribution in [0.25, 0.3) is 0 Å². The van der Waals surface area contributed by atoms with Crippen molar-refractivity contribution in [1.29, 1.82) is 0 Å². The van der Waals surface area contributed by atoms with Crippen molar-refractivity contribution < 1.29 is 14.6 Å². The molecule has 23 heavy (non-hydrogen) atoms. The van der Waals surface area contributed by atoms with Gasteiger partial charge in [0.25, 0.3) is 0 Å². The first-order chi connectivity index (χ1) is 11.1. The minimum atomic E-state index is -0.862. The molecule has 1 unspecified atom stereocenters. The molecular weight excluding hydrogens is 290 g/mol. The maximum Gasteiger partial charge on any atom is 0.335 e. The van der Waals surface area contributed by atoms with Gasteiger partial charge in [-0.15, -0.1) is 0 Å². The van der Waals surface area contributed by atoms with E-state index < -0.39 is 11.6 Å². The molecule has 2 aromatic rings. The zero-order valence-corrected chi connectivity index (χ0v) is 12.7. The second kappa shape index (κ2) is 6.16. The van der Waals surface area contributed by atoms with Crippen molar-refractivity contribution in [2.24, 2.45) is 0 Å². The maximum absolute atomic E-state index is 11.9. The number of aryl methyl sites for hydroxylation is 1. The van der Waals surface area contributed by atoms with Gasteiger partial charge in [-0.3, -0.25) is 0 Å². The molecule has 1 aliphatic heterocycles. The van der Waals surface area contributed by atoms with Crippen LogP contribution in [0.5, 0.6) is 0 Å². The average Bonchev–Trinajstić information content (AvgIpc) is 2.54. The third kappa shape index (κ3) is 3.37. The number of nitrogen functional groups attached to an aromatic ring is 1. The molecule has 0 bridgehead atoms. The number of rotatable bonds is 4. The van der Waals surface area contributed by atoms with Crippen molar-refractivity contribution in [3.05, 3.63) is 77.6 Å². The first kappa shape index (κ1) is 15.2. The highest BCUT2D eigenvalue weighted by atomic mass is 16.6. The molecule has 0 saturated heterocycles. The highest BCUT2D eigenvalue weighted by molar-refractivity contribution is 5.84. The first-order valence-corrected chi connectivity index (χ1v) is 7.60. The fourth-order valence-corrected chi connectivity index (χ4v) is 2.96. The van der Waals surface area contributed by atoms with Crippen LogP contribution >= 0.6 is 0 Å². The molecule has 4 heteroatoms. The van der Waals surface area contributed by atoms with E-state index in [1.807, 2.05) is 42.5 Å². The van der Waals surface area contributed by atoms with Crippen LogP contribution in [-0.4, -0.2) is 11.1 Å². The van der Waals surface area contributed by atoms with E-state index in [-0.39, 0.29) is 12.2 Å². The lowest BCUT2D eigenvalue weighted by Crippen LogP contribution is -2.36. The summed E-state index contributed by atoms with van der Waals surface area (Å²) < 4.78 is 5.68. The minimum absolute atomic E-state index is 0.0473. The van der Waals surface area contributed by atoms with Crippen molar-refractivity contribution in [2.75, 3.05) is 5.73 Å². The van der Waals surface area contributed by atoms with Crippen LogP contribution in [-0.2, 0) is 21.6 Å². The Morgan fingerprint density at radius 1 is 1.09 bits per heavy atom. The lowest BCUT2D eigenvalue weighted by Gasteiger charge is -2.36. The third-order valence-electron chi connectivity index (χ3n) is 4.14. The third-order valence-corrected chi connectivity index (χ3v) is 4.14. The Morgan fingerprint density at radius 2 is 1.78 bits per heavy atom. The van der Waals surface area contributed by atoms with E-state index in [2.05, 4.69) is 0 Å². The van der Waals surface area contributed by atoms with Crippen LogP contribution in [0.3, 0.4) is 0 Å². The summed E-state index contributed by atoms with van der Waals surface area (Å²) in [6.07, 6.45) is 2.74. The number of cyclic esters (lactones) is 1. The molecule has 1 aliphatic rings. The maximum atomic E-state index is 11.9. The summed E-state index contributed by atoms with van der Waals surface area (Å²) in [7, 11) is 0. The molecule has 1 heterocycles. The largest absolute Gasteiger partial charge is 0.512 e. The molecular formula is C19H19NO3. The Morgan fingerprint density at radius 3 is 2.43 bits per heavy atom. The molecule has 0 saturated carbocycles. The van der Waals surface area contributed by atoms with Gasteiger partial charge in [-0.2, -0.15) is 0 Å². The first-order valence-electron chi connectivity index (χ1n) is 7.60. The van der Waals surface area contributed by atoms with E-state index in [0.29, 0.717) is 12.1 Å². The number of benzene rings is 2. The van der Waals surface area contributed by atoms with Crippen molar-refractivity contribution in [3.8, 4) is 0 Å². The molecule has 0 radical (unpaired) electrons. The normalized spacial score (nSPS) is 20.7. The monoisotopic (exact) mass is 309 g/mol. The summed E-state index contributed by atoms with van der Waals surface area (Å²) in [6, 6.07) is 17.3. The predicted octanol–water partition coefficient (Wildman–Crippen LogP) is 3.49. The number of hydrogen-bond acceptors (Lipinski definition) is 4. The lowest BCUT2D eigenvalue weighted by molar-refractivity contribution is -0.159. The van der Waals surface area contributed by atoms with E-state index in [0.717, 1.165) is 23.6 Å². The number of carbonyl (C=O) groups excluding carboxylic acids is 1. The number of hydrogen-bond donors (Lipinski definition) is 2. The quantitative estimate of drug-likeness (QED) is 0.670. The van der Waals surface area contributed by atoms with E-state index in [1.54, 1.807) is 12.1 Å².